The third-order valence-corrected chi connectivity index (χ3v) is 1.66. The minimum atomic E-state index is -0.345. The standard InChI is InChI=1S/C6H10BrNO3/c1-5(10)11-6(2-7)3-8-4-9/h4,6H,2-3H2,1H3,(H,8,9). The number of esters is 1. The van der Waals surface area contributed by atoms with E-state index in [1.165, 1.54) is 6.92 Å². The maximum absolute atomic E-state index is 10.4. The molecule has 0 bridgehead atoms. The fraction of sp³-hybridized carbons (Fsp3) is 0.667. The van der Waals surface area contributed by atoms with Crippen LogP contribution in [0.4, 0.5) is 0 Å². The summed E-state index contributed by atoms with van der Waals surface area (Å²) in [6.45, 7) is 1.67. The number of hydrogen-bond acceptors (Lipinski definition) is 3. The molecule has 1 amide bonds. The Labute approximate surface area is 73.4 Å². The number of alkyl halides is 1. The van der Waals surface area contributed by atoms with Crippen molar-refractivity contribution < 1.29 is 14.3 Å². The maximum Gasteiger partial charge on any atom is 0.302 e. The molecule has 5 heteroatoms. The van der Waals surface area contributed by atoms with Crippen LogP contribution in [0.3, 0.4) is 0 Å². The molecule has 0 radical (unpaired) electrons. The van der Waals surface area contributed by atoms with E-state index >= 15 is 0 Å². The van der Waals surface area contributed by atoms with Gasteiger partial charge in [-0.1, -0.05) is 15.9 Å². The molecule has 0 aliphatic carbocycles. The zero-order valence-electron chi connectivity index (χ0n) is 6.17. The first-order chi connectivity index (χ1) is 5.20. The van der Waals surface area contributed by atoms with Crippen LogP contribution in [0.15, 0.2) is 0 Å². The van der Waals surface area contributed by atoms with Crippen molar-refractivity contribution >= 4 is 28.3 Å². The normalized spacial score (nSPS) is 11.8. The maximum atomic E-state index is 10.4. The Morgan fingerprint density at radius 1 is 1.82 bits per heavy atom. The number of hydrogen-bond donors (Lipinski definition) is 1. The van der Waals surface area contributed by atoms with Crippen LogP contribution in [0.5, 0.6) is 0 Å². The van der Waals surface area contributed by atoms with Gasteiger partial charge in [-0.3, -0.25) is 9.59 Å². The molecule has 1 unspecified atom stereocenters. The van der Waals surface area contributed by atoms with Crippen molar-refractivity contribution in [1.29, 1.82) is 0 Å². The van der Waals surface area contributed by atoms with Crippen LogP contribution in [-0.4, -0.2) is 30.4 Å². The molecule has 0 aromatic rings. The van der Waals surface area contributed by atoms with Gasteiger partial charge in [0.1, 0.15) is 6.10 Å². The molecule has 64 valence electrons. The van der Waals surface area contributed by atoms with Gasteiger partial charge in [-0.2, -0.15) is 0 Å². The molecule has 4 nitrogen and oxygen atoms in total. The molecule has 1 atom stereocenters. The highest BCUT2D eigenvalue weighted by atomic mass is 79.9. The number of amides is 1. The summed E-state index contributed by atoms with van der Waals surface area (Å²) in [5, 5.41) is 2.94. The Bertz CT molecular complexity index is 140. The van der Waals surface area contributed by atoms with Gasteiger partial charge in [-0.15, -0.1) is 0 Å². The van der Waals surface area contributed by atoms with E-state index in [1.54, 1.807) is 0 Å². The van der Waals surface area contributed by atoms with Crippen molar-refractivity contribution in [2.24, 2.45) is 0 Å². The summed E-state index contributed by atoms with van der Waals surface area (Å²) in [5.41, 5.74) is 0. The second-order valence-corrected chi connectivity index (χ2v) is 2.56. The first-order valence-electron chi connectivity index (χ1n) is 3.11. The van der Waals surface area contributed by atoms with Crippen LogP contribution in [0.2, 0.25) is 0 Å². The van der Waals surface area contributed by atoms with Crippen LogP contribution in [0, 0.1) is 0 Å². The SMILES string of the molecule is CC(=O)OC(CBr)CNC=O. The number of carbonyl (C=O) groups is 2. The average Bonchev–Trinajstić information content (AvgIpc) is 1.97. The summed E-state index contributed by atoms with van der Waals surface area (Å²) in [5.74, 6) is -0.345. The fourth-order valence-corrected chi connectivity index (χ4v) is 0.903. The van der Waals surface area contributed by atoms with Gasteiger partial charge in [0, 0.05) is 12.3 Å². The summed E-state index contributed by atoms with van der Waals surface area (Å²) in [6, 6.07) is 0. The van der Waals surface area contributed by atoms with E-state index in [0.29, 0.717) is 18.3 Å². The molecule has 0 fully saturated rings. The molecule has 0 rings (SSSR count). The highest BCUT2D eigenvalue weighted by Crippen LogP contribution is 1.95. The summed E-state index contributed by atoms with van der Waals surface area (Å²) >= 11 is 3.14. The second-order valence-electron chi connectivity index (χ2n) is 1.91. The van der Waals surface area contributed by atoms with Gasteiger partial charge in [0.2, 0.25) is 6.41 Å². The van der Waals surface area contributed by atoms with Crippen molar-refractivity contribution in [1.82, 2.24) is 5.32 Å². The van der Waals surface area contributed by atoms with E-state index in [1.807, 2.05) is 0 Å². The van der Waals surface area contributed by atoms with Crippen LogP contribution in [0.1, 0.15) is 6.92 Å². The number of halogens is 1. The first kappa shape index (κ1) is 10.4. The van der Waals surface area contributed by atoms with E-state index in [-0.39, 0.29) is 12.1 Å². The summed E-state index contributed by atoms with van der Waals surface area (Å²) in [4.78, 5) is 20.3. The molecule has 1 N–H and O–H groups in total. The van der Waals surface area contributed by atoms with Crippen molar-refractivity contribution in [3.63, 3.8) is 0 Å². The zero-order valence-corrected chi connectivity index (χ0v) is 7.76. The van der Waals surface area contributed by atoms with E-state index in [4.69, 9.17) is 4.74 Å². The number of carbonyl (C=O) groups excluding carboxylic acids is 2. The van der Waals surface area contributed by atoms with Crippen molar-refractivity contribution in [3.8, 4) is 0 Å². The van der Waals surface area contributed by atoms with Crippen molar-refractivity contribution in [2.45, 2.75) is 13.0 Å². The molecule has 0 aromatic carbocycles. The number of rotatable bonds is 5. The average molecular weight is 224 g/mol. The van der Waals surface area contributed by atoms with Gasteiger partial charge < -0.3 is 10.1 Å². The Morgan fingerprint density at radius 3 is 2.82 bits per heavy atom. The first-order valence-corrected chi connectivity index (χ1v) is 4.23. The predicted octanol–water partition coefficient (Wildman–Crippen LogP) is 0.0590. The Balaban J connectivity index is 3.57. The Morgan fingerprint density at radius 2 is 2.45 bits per heavy atom. The summed E-state index contributed by atoms with van der Waals surface area (Å²) < 4.78 is 4.79. The monoisotopic (exact) mass is 223 g/mol. The number of ether oxygens (including phenoxy) is 1. The third kappa shape index (κ3) is 5.84. The van der Waals surface area contributed by atoms with Gasteiger partial charge in [-0.05, 0) is 0 Å². The molecule has 0 aliphatic rings. The Hall–Kier alpha value is -0.580. The molecular formula is C6H10BrNO3. The quantitative estimate of drug-likeness (QED) is 0.408. The molecule has 11 heavy (non-hydrogen) atoms. The topological polar surface area (TPSA) is 55.4 Å². The second kappa shape index (κ2) is 6.15. The van der Waals surface area contributed by atoms with Crippen LogP contribution >= 0.6 is 15.9 Å². The fourth-order valence-electron chi connectivity index (χ4n) is 0.542. The summed E-state index contributed by atoms with van der Waals surface area (Å²) in [7, 11) is 0. The summed E-state index contributed by atoms with van der Waals surface area (Å²) in [6.07, 6.45) is 0.289. The van der Waals surface area contributed by atoms with E-state index in [0.717, 1.165) is 0 Å². The highest BCUT2D eigenvalue weighted by molar-refractivity contribution is 9.09. The lowest BCUT2D eigenvalue weighted by molar-refractivity contribution is -0.145. The predicted molar refractivity (Wildman–Crippen MR) is 43.4 cm³/mol. The van der Waals surface area contributed by atoms with E-state index in [9.17, 15) is 9.59 Å². The largest absolute Gasteiger partial charge is 0.460 e. The molecule has 0 aliphatic heterocycles. The van der Waals surface area contributed by atoms with Crippen LogP contribution in [0.25, 0.3) is 0 Å². The highest BCUT2D eigenvalue weighted by Gasteiger charge is 2.08. The van der Waals surface area contributed by atoms with Gasteiger partial charge >= 0.3 is 5.97 Å². The number of nitrogens with one attached hydrogen (secondary N) is 1. The lowest BCUT2D eigenvalue weighted by Crippen LogP contribution is -2.30. The molecule has 0 heterocycles. The van der Waals surface area contributed by atoms with Crippen molar-refractivity contribution in [2.75, 3.05) is 11.9 Å². The van der Waals surface area contributed by atoms with E-state index in [2.05, 4.69) is 21.2 Å². The molecule has 0 aromatic heterocycles. The lowest BCUT2D eigenvalue weighted by atomic mass is 10.4. The van der Waals surface area contributed by atoms with Crippen LogP contribution < -0.4 is 5.32 Å². The minimum absolute atomic E-state index is 0.280. The van der Waals surface area contributed by atoms with Crippen LogP contribution in [-0.2, 0) is 14.3 Å². The Kier molecular flexibility index (Phi) is 5.83. The smallest absolute Gasteiger partial charge is 0.302 e. The molecule has 0 saturated heterocycles. The van der Waals surface area contributed by atoms with Crippen molar-refractivity contribution in [3.05, 3.63) is 0 Å². The van der Waals surface area contributed by atoms with Gasteiger partial charge in [0.05, 0.1) is 6.54 Å². The van der Waals surface area contributed by atoms with Gasteiger partial charge in [0.15, 0.2) is 0 Å². The minimum Gasteiger partial charge on any atom is -0.460 e. The van der Waals surface area contributed by atoms with Gasteiger partial charge in [0.25, 0.3) is 0 Å². The van der Waals surface area contributed by atoms with E-state index < -0.39 is 0 Å². The van der Waals surface area contributed by atoms with Gasteiger partial charge in [-0.25, -0.2) is 0 Å². The molecule has 0 saturated carbocycles. The molecular weight excluding hydrogens is 214 g/mol. The molecule has 0 spiro atoms. The zero-order chi connectivity index (χ0) is 8.69. The third-order valence-electron chi connectivity index (χ3n) is 0.934. The lowest BCUT2D eigenvalue weighted by Gasteiger charge is -2.12.